The zero-order valence-electron chi connectivity index (χ0n) is 13.7. The Morgan fingerprint density at radius 1 is 1.00 bits per heavy atom. The van der Waals surface area contributed by atoms with E-state index in [9.17, 15) is 0 Å². The third-order valence-electron chi connectivity index (χ3n) is 4.62. The third-order valence-corrected chi connectivity index (χ3v) is 4.62. The molecule has 108 valence electrons. The van der Waals surface area contributed by atoms with Crippen molar-refractivity contribution in [3.8, 4) is 0 Å². The van der Waals surface area contributed by atoms with Crippen LogP contribution in [0.3, 0.4) is 0 Å². The fraction of sp³-hybridized carbons (Fsp3) is 1.00. The van der Waals surface area contributed by atoms with Gasteiger partial charge in [-0.1, -0.05) is 41.5 Å². The normalized spacial score (nSPS) is 20.3. The minimum atomic E-state index is 0.498. The van der Waals surface area contributed by atoms with Crippen LogP contribution in [0.25, 0.3) is 0 Å². The van der Waals surface area contributed by atoms with Crippen LogP contribution in [0.2, 0.25) is 0 Å². The summed E-state index contributed by atoms with van der Waals surface area (Å²) in [5.41, 5.74) is 1.01. The smallest absolute Gasteiger partial charge is 0.00326 e. The molecule has 1 heteroatoms. The first-order valence-corrected chi connectivity index (χ1v) is 7.94. The van der Waals surface area contributed by atoms with E-state index in [2.05, 4.69) is 46.4 Å². The first-order valence-electron chi connectivity index (χ1n) is 7.94. The van der Waals surface area contributed by atoms with Crippen LogP contribution in [0.4, 0.5) is 0 Å². The second-order valence-electron chi connectivity index (χ2n) is 8.34. The molecule has 1 rings (SSSR count). The molecule has 0 atom stereocenters. The molecule has 1 heterocycles. The largest absolute Gasteiger partial charge is 0.303 e. The average molecular weight is 253 g/mol. The predicted molar refractivity (Wildman–Crippen MR) is 81.9 cm³/mol. The van der Waals surface area contributed by atoms with Gasteiger partial charge in [-0.3, -0.25) is 0 Å². The highest BCUT2D eigenvalue weighted by molar-refractivity contribution is 4.78. The first kappa shape index (κ1) is 16.0. The van der Waals surface area contributed by atoms with Crippen molar-refractivity contribution in [3.05, 3.63) is 0 Å². The lowest BCUT2D eigenvalue weighted by Gasteiger charge is -2.37. The summed E-state index contributed by atoms with van der Waals surface area (Å²) < 4.78 is 0. The van der Waals surface area contributed by atoms with E-state index in [1.807, 2.05) is 0 Å². The highest BCUT2D eigenvalue weighted by atomic mass is 15.1. The Labute approximate surface area is 115 Å². The number of hydrogen-bond donors (Lipinski definition) is 0. The van der Waals surface area contributed by atoms with Gasteiger partial charge in [-0.25, -0.2) is 0 Å². The van der Waals surface area contributed by atoms with Gasteiger partial charge in [0.2, 0.25) is 0 Å². The summed E-state index contributed by atoms with van der Waals surface area (Å²) in [5, 5.41) is 0. The Morgan fingerprint density at radius 2 is 1.56 bits per heavy atom. The molecule has 0 radical (unpaired) electrons. The molecule has 0 aromatic rings. The first-order chi connectivity index (χ1) is 8.22. The van der Waals surface area contributed by atoms with E-state index in [0.29, 0.717) is 10.8 Å². The second-order valence-corrected chi connectivity index (χ2v) is 8.34. The van der Waals surface area contributed by atoms with E-state index in [1.54, 1.807) is 0 Å². The minimum absolute atomic E-state index is 0.498. The van der Waals surface area contributed by atoms with Crippen LogP contribution in [-0.2, 0) is 0 Å². The molecular weight excluding hydrogens is 218 g/mol. The summed E-state index contributed by atoms with van der Waals surface area (Å²) >= 11 is 0. The number of likely N-dealkylation sites (tertiary alicyclic amines) is 1. The zero-order chi connectivity index (χ0) is 13.8. The molecule has 0 saturated carbocycles. The Bertz CT molecular complexity index is 228. The monoisotopic (exact) mass is 253 g/mol. The molecule has 0 N–H and O–H groups in total. The maximum Gasteiger partial charge on any atom is 0.00326 e. The maximum atomic E-state index is 2.69. The van der Waals surface area contributed by atoms with Crippen molar-refractivity contribution < 1.29 is 0 Å². The molecule has 0 unspecified atom stereocenters. The van der Waals surface area contributed by atoms with E-state index >= 15 is 0 Å². The highest BCUT2D eigenvalue weighted by Crippen LogP contribution is 2.30. The highest BCUT2D eigenvalue weighted by Gasteiger charge is 2.25. The topological polar surface area (TPSA) is 3.24 Å². The van der Waals surface area contributed by atoms with Crippen molar-refractivity contribution in [3.63, 3.8) is 0 Å². The van der Waals surface area contributed by atoms with Crippen LogP contribution >= 0.6 is 0 Å². The molecule has 18 heavy (non-hydrogen) atoms. The molecular formula is C17H35N. The van der Waals surface area contributed by atoms with Crippen LogP contribution in [-0.4, -0.2) is 24.5 Å². The summed E-state index contributed by atoms with van der Waals surface area (Å²) in [5.74, 6) is 0.991. The van der Waals surface area contributed by atoms with Crippen molar-refractivity contribution in [1.29, 1.82) is 0 Å². The Balaban J connectivity index is 2.25. The molecule has 1 nitrogen and oxygen atoms in total. The maximum absolute atomic E-state index is 2.69. The van der Waals surface area contributed by atoms with Crippen LogP contribution in [0.1, 0.15) is 73.6 Å². The quantitative estimate of drug-likeness (QED) is 0.669. The Morgan fingerprint density at radius 3 is 2.00 bits per heavy atom. The molecule has 0 aliphatic carbocycles. The van der Waals surface area contributed by atoms with Crippen molar-refractivity contribution >= 4 is 0 Å². The van der Waals surface area contributed by atoms with Gasteiger partial charge in [0.25, 0.3) is 0 Å². The van der Waals surface area contributed by atoms with Gasteiger partial charge in [-0.05, 0) is 61.9 Å². The molecule has 0 aromatic carbocycles. The van der Waals surface area contributed by atoms with Crippen LogP contribution in [0.5, 0.6) is 0 Å². The van der Waals surface area contributed by atoms with Crippen LogP contribution in [0.15, 0.2) is 0 Å². The lowest BCUT2D eigenvalue weighted by Crippen LogP contribution is -2.39. The van der Waals surface area contributed by atoms with Crippen molar-refractivity contribution in [2.75, 3.05) is 19.6 Å². The van der Waals surface area contributed by atoms with Gasteiger partial charge in [-0.2, -0.15) is 0 Å². The zero-order valence-corrected chi connectivity index (χ0v) is 13.7. The van der Waals surface area contributed by atoms with Crippen molar-refractivity contribution in [2.24, 2.45) is 16.7 Å². The van der Waals surface area contributed by atoms with E-state index in [4.69, 9.17) is 0 Å². The molecule has 1 aliphatic rings. The molecule has 0 aromatic heterocycles. The summed E-state index contributed by atoms with van der Waals surface area (Å²) in [6.07, 6.45) is 6.97. The van der Waals surface area contributed by atoms with Gasteiger partial charge in [0.05, 0.1) is 0 Å². The van der Waals surface area contributed by atoms with Gasteiger partial charge in [0.1, 0.15) is 0 Å². The molecule has 0 amide bonds. The molecule has 1 fully saturated rings. The predicted octanol–water partition coefficient (Wildman–Crippen LogP) is 4.96. The van der Waals surface area contributed by atoms with Gasteiger partial charge in [0.15, 0.2) is 0 Å². The summed E-state index contributed by atoms with van der Waals surface area (Å²) in [4.78, 5) is 2.69. The van der Waals surface area contributed by atoms with E-state index in [1.165, 1.54) is 51.7 Å². The Hall–Kier alpha value is -0.0400. The van der Waals surface area contributed by atoms with E-state index < -0.39 is 0 Å². The lowest BCUT2D eigenvalue weighted by molar-refractivity contribution is 0.118. The van der Waals surface area contributed by atoms with Crippen LogP contribution in [0, 0.1) is 16.7 Å². The second kappa shape index (κ2) is 6.41. The summed E-state index contributed by atoms with van der Waals surface area (Å²) in [6, 6.07) is 0. The van der Waals surface area contributed by atoms with Crippen molar-refractivity contribution in [1.82, 2.24) is 4.90 Å². The Kier molecular flexibility index (Phi) is 5.70. The summed E-state index contributed by atoms with van der Waals surface area (Å²) in [7, 11) is 0. The van der Waals surface area contributed by atoms with E-state index in [0.717, 1.165) is 5.92 Å². The fourth-order valence-corrected chi connectivity index (χ4v) is 2.79. The van der Waals surface area contributed by atoms with Gasteiger partial charge < -0.3 is 4.90 Å². The fourth-order valence-electron chi connectivity index (χ4n) is 2.79. The molecule has 1 aliphatic heterocycles. The van der Waals surface area contributed by atoms with Gasteiger partial charge in [0, 0.05) is 6.54 Å². The van der Waals surface area contributed by atoms with E-state index in [-0.39, 0.29) is 0 Å². The van der Waals surface area contributed by atoms with Crippen molar-refractivity contribution in [2.45, 2.75) is 73.6 Å². The number of piperidine rings is 1. The molecule has 1 saturated heterocycles. The number of nitrogens with zero attached hydrogens (tertiary/aromatic N) is 1. The van der Waals surface area contributed by atoms with Gasteiger partial charge in [-0.15, -0.1) is 0 Å². The summed E-state index contributed by atoms with van der Waals surface area (Å²) in [6.45, 7) is 18.2. The van der Waals surface area contributed by atoms with Gasteiger partial charge >= 0.3 is 0 Å². The molecule has 0 spiro atoms. The SMILES string of the molecule is CCC(C)(C)CN1CCC(CCC(C)(C)C)CC1. The number of hydrogen-bond acceptors (Lipinski definition) is 1. The third kappa shape index (κ3) is 6.22. The minimum Gasteiger partial charge on any atom is -0.303 e. The average Bonchev–Trinajstić information content (AvgIpc) is 2.27. The lowest BCUT2D eigenvalue weighted by atomic mass is 9.82. The number of rotatable bonds is 5. The van der Waals surface area contributed by atoms with Crippen LogP contribution < -0.4 is 0 Å². The standard InChI is InChI=1S/C17H35N/c1-7-17(5,6)14-18-12-9-15(10-13-18)8-11-16(2,3)4/h15H,7-14H2,1-6H3. The molecule has 0 bridgehead atoms.